The fourth-order valence-corrected chi connectivity index (χ4v) is 2.88. The molecule has 0 aromatic carbocycles. The summed E-state index contributed by atoms with van der Waals surface area (Å²) in [4.78, 5) is 15.4. The summed E-state index contributed by atoms with van der Waals surface area (Å²) in [5.41, 5.74) is 5.31. The standard InChI is InChI=1S/C11H18N4OS/c1-2-9-14-11(17-15-9)13-8-5-3-7(4-6-8)10(12)16/h7-8H,2-6H2,1H3,(H2,12,16)(H,13,14,15). The first-order valence-electron chi connectivity index (χ1n) is 6.07. The van der Waals surface area contributed by atoms with Gasteiger partial charge in [0.15, 0.2) is 0 Å². The lowest BCUT2D eigenvalue weighted by atomic mass is 9.86. The smallest absolute Gasteiger partial charge is 0.220 e. The number of rotatable bonds is 4. The molecule has 3 N–H and O–H groups in total. The van der Waals surface area contributed by atoms with Crippen molar-refractivity contribution in [2.45, 2.75) is 45.1 Å². The zero-order valence-electron chi connectivity index (χ0n) is 9.98. The lowest BCUT2D eigenvalue weighted by molar-refractivity contribution is -0.122. The highest BCUT2D eigenvalue weighted by atomic mass is 32.1. The van der Waals surface area contributed by atoms with E-state index in [2.05, 4.69) is 14.7 Å². The van der Waals surface area contributed by atoms with Gasteiger partial charge in [0.1, 0.15) is 5.82 Å². The Balaban J connectivity index is 1.83. The Labute approximate surface area is 105 Å². The lowest BCUT2D eigenvalue weighted by Gasteiger charge is -2.26. The topological polar surface area (TPSA) is 80.9 Å². The first-order chi connectivity index (χ1) is 8.19. The second-order valence-electron chi connectivity index (χ2n) is 4.46. The van der Waals surface area contributed by atoms with Crippen molar-refractivity contribution in [1.82, 2.24) is 9.36 Å². The normalized spacial score (nSPS) is 24.5. The van der Waals surface area contributed by atoms with Crippen molar-refractivity contribution in [3.63, 3.8) is 0 Å². The van der Waals surface area contributed by atoms with Gasteiger partial charge in [0, 0.05) is 29.9 Å². The van der Waals surface area contributed by atoms with Gasteiger partial charge in [-0.05, 0) is 25.7 Å². The average molecular weight is 254 g/mol. The molecule has 0 spiro atoms. The molecule has 0 unspecified atom stereocenters. The summed E-state index contributed by atoms with van der Waals surface area (Å²) in [5, 5.41) is 4.28. The number of carbonyl (C=O) groups excluding carboxylic acids is 1. The Morgan fingerprint density at radius 2 is 2.18 bits per heavy atom. The molecule has 1 saturated carbocycles. The number of nitrogens with two attached hydrogens (primary N) is 1. The minimum atomic E-state index is -0.160. The molecule has 0 atom stereocenters. The molecule has 2 rings (SSSR count). The number of primary amides is 1. The predicted octanol–water partition coefficient (Wildman–Crippen LogP) is 1.56. The van der Waals surface area contributed by atoms with Crippen LogP contribution < -0.4 is 11.1 Å². The van der Waals surface area contributed by atoms with Gasteiger partial charge in [-0.1, -0.05) is 6.92 Å². The van der Waals surface area contributed by atoms with Crippen molar-refractivity contribution in [2.24, 2.45) is 11.7 Å². The number of nitrogens with zero attached hydrogens (tertiary/aromatic N) is 2. The monoisotopic (exact) mass is 254 g/mol. The summed E-state index contributed by atoms with van der Waals surface area (Å²) < 4.78 is 4.24. The van der Waals surface area contributed by atoms with Gasteiger partial charge < -0.3 is 11.1 Å². The summed E-state index contributed by atoms with van der Waals surface area (Å²) in [6.07, 6.45) is 4.59. The lowest BCUT2D eigenvalue weighted by Crippen LogP contribution is -2.32. The van der Waals surface area contributed by atoms with Crippen LogP contribution in [0.3, 0.4) is 0 Å². The van der Waals surface area contributed by atoms with E-state index in [4.69, 9.17) is 5.73 Å². The van der Waals surface area contributed by atoms with Crippen molar-refractivity contribution in [2.75, 3.05) is 5.32 Å². The van der Waals surface area contributed by atoms with Crippen LogP contribution in [0, 0.1) is 5.92 Å². The molecule has 0 radical (unpaired) electrons. The van der Waals surface area contributed by atoms with Gasteiger partial charge in [0.25, 0.3) is 0 Å². The highest BCUT2D eigenvalue weighted by Crippen LogP contribution is 2.26. The minimum absolute atomic E-state index is 0.0636. The van der Waals surface area contributed by atoms with E-state index in [9.17, 15) is 4.79 Å². The second-order valence-corrected chi connectivity index (χ2v) is 5.22. The van der Waals surface area contributed by atoms with Crippen molar-refractivity contribution in [3.8, 4) is 0 Å². The molecule has 1 amide bonds. The maximum absolute atomic E-state index is 11.0. The zero-order chi connectivity index (χ0) is 12.3. The molecule has 0 aliphatic heterocycles. The zero-order valence-corrected chi connectivity index (χ0v) is 10.8. The van der Waals surface area contributed by atoms with E-state index in [1.54, 1.807) is 0 Å². The summed E-state index contributed by atoms with van der Waals surface area (Å²) in [6, 6.07) is 0.406. The Hall–Kier alpha value is -1.17. The first kappa shape index (κ1) is 12.3. The largest absolute Gasteiger partial charge is 0.369 e. The molecule has 1 aromatic heterocycles. The van der Waals surface area contributed by atoms with E-state index >= 15 is 0 Å². The number of aromatic nitrogens is 2. The Morgan fingerprint density at radius 3 is 2.71 bits per heavy atom. The fraction of sp³-hybridized carbons (Fsp3) is 0.727. The van der Waals surface area contributed by atoms with E-state index in [0.29, 0.717) is 6.04 Å². The molecule has 1 heterocycles. The van der Waals surface area contributed by atoms with Crippen LogP contribution in [0.2, 0.25) is 0 Å². The van der Waals surface area contributed by atoms with Crippen LogP contribution in [0.25, 0.3) is 0 Å². The van der Waals surface area contributed by atoms with Crippen molar-refractivity contribution in [1.29, 1.82) is 0 Å². The Kier molecular flexibility index (Phi) is 3.93. The van der Waals surface area contributed by atoms with Crippen LogP contribution >= 0.6 is 11.5 Å². The third kappa shape index (κ3) is 3.15. The summed E-state index contributed by atoms with van der Waals surface area (Å²) in [6.45, 7) is 2.05. The van der Waals surface area contributed by atoms with Gasteiger partial charge in [0.05, 0.1) is 0 Å². The first-order valence-corrected chi connectivity index (χ1v) is 6.84. The van der Waals surface area contributed by atoms with Crippen molar-refractivity contribution >= 4 is 22.6 Å². The van der Waals surface area contributed by atoms with Gasteiger partial charge in [0.2, 0.25) is 11.0 Å². The average Bonchev–Trinajstić information content (AvgIpc) is 2.77. The number of amides is 1. The van der Waals surface area contributed by atoms with Gasteiger partial charge in [-0.15, -0.1) is 0 Å². The number of nitrogens with one attached hydrogen (secondary N) is 1. The van der Waals surface area contributed by atoms with Crippen LogP contribution in [0.15, 0.2) is 0 Å². The van der Waals surface area contributed by atoms with Crippen molar-refractivity contribution < 1.29 is 4.79 Å². The van der Waals surface area contributed by atoms with Crippen LogP contribution in [0.1, 0.15) is 38.4 Å². The molecule has 6 heteroatoms. The molecule has 0 bridgehead atoms. The number of carbonyl (C=O) groups is 1. The minimum Gasteiger partial charge on any atom is -0.369 e. The van der Waals surface area contributed by atoms with Gasteiger partial charge in [-0.2, -0.15) is 4.37 Å². The van der Waals surface area contributed by atoms with Gasteiger partial charge >= 0.3 is 0 Å². The number of hydrogen-bond acceptors (Lipinski definition) is 5. The van der Waals surface area contributed by atoms with Gasteiger partial charge in [-0.3, -0.25) is 4.79 Å². The Morgan fingerprint density at radius 1 is 1.47 bits per heavy atom. The third-order valence-corrected chi connectivity index (χ3v) is 3.93. The second kappa shape index (κ2) is 5.44. The quantitative estimate of drug-likeness (QED) is 0.854. The molecule has 1 aromatic rings. The highest BCUT2D eigenvalue weighted by molar-refractivity contribution is 7.09. The summed E-state index contributed by atoms with van der Waals surface area (Å²) in [5.74, 6) is 0.796. The van der Waals surface area contributed by atoms with Gasteiger partial charge in [-0.25, -0.2) is 4.98 Å². The van der Waals surface area contributed by atoms with Crippen LogP contribution in [0.5, 0.6) is 0 Å². The maximum Gasteiger partial charge on any atom is 0.220 e. The molecule has 1 aliphatic rings. The third-order valence-electron chi connectivity index (χ3n) is 3.24. The predicted molar refractivity (Wildman–Crippen MR) is 67.9 cm³/mol. The van der Waals surface area contributed by atoms with E-state index in [0.717, 1.165) is 43.1 Å². The van der Waals surface area contributed by atoms with E-state index < -0.39 is 0 Å². The number of anilines is 1. The Bertz CT molecular complexity index is 385. The van der Waals surface area contributed by atoms with E-state index in [1.165, 1.54) is 11.5 Å². The van der Waals surface area contributed by atoms with E-state index in [-0.39, 0.29) is 11.8 Å². The van der Waals surface area contributed by atoms with E-state index in [1.807, 2.05) is 6.92 Å². The molecule has 94 valence electrons. The maximum atomic E-state index is 11.0. The molecule has 1 aliphatic carbocycles. The number of hydrogen-bond donors (Lipinski definition) is 2. The van der Waals surface area contributed by atoms with Crippen LogP contribution in [-0.4, -0.2) is 21.3 Å². The summed E-state index contributed by atoms with van der Waals surface area (Å²) in [7, 11) is 0. The number of aryl methyl sites for hydroxylation is 1. The SMILES string of the molecule is CCc1nsc(NC2CCC(C(N)=O)CC2)n1. The molecule has 5 nitrogen and oxygen atoms in total. The molecular formula is C11H18N4OS. The molecular weight excluding hydrogens is 236 g/mol. The fourth-order valence-electron chi connectivity index (χ4n) is 2.15. The van der Waals surface area contributed by atoms with Crippen LogP contribution in [0.4, 0.5) is 5.13 Å². The molecule has 17 heavy (non-hydrogen) atoms. The molecule has 0 saturated heterocycles. The molecule has 1 fully saturated rings. The van der Waals surface area contributed by atoms with Crippen molar-refractivity contribution in [3.05, 3.63) is 5.82 Å². The van der Waals surface area contributed by atoms with Crippen LogP contribution in [-0.2, 0) is 11.2 Å². The summed E-state index contributed by atoms with van der Waals surface area (Å²) >= 11 is 1.41. The highest BCUT2D eigenvalue weighted by Gasteiger charge is 2.25.